The lowest BCUT2D eigenvalue weighted by atomic mass is 10.1. The Bertz CT molecular complexity index is 1050. The van der Waals surface area contributed by atoms with E-state index in [0.717, 1.165) is 16.9 Å². The number of hydrogen-bond donors (Lipinski definition) is 1. The number of thiazole rings is 1. The predicted octanol–water partition coefficient (Wildman–Crippen LogP) is 1.39. The number of aromatic nitrogens is 1. The molecule has 0 fully saturated rings. The minimum atomic E-state index is -0.793. The number of hydrogen-bond acceptors (Lipinski definition) is 6. The summed E-state index contributed by atoms with van der Waals surface area (Å²) in [4.78, 5) is 28.4. The largest absolute Gasteiger partial charge is 0.493 e. The molecular weight excluding hydrogens is 348 g/mol. The van der Waals surface area contributed by atoms with Gasteiger partial charge in [-0.25, -0.2) is 9.79 Å². The molecule has 1 atom stereocenters. The van der Waals surface area contributed by atoms with E-state index in [4.69, 9.17) is 17.0 Å². The summed E-state index contributed by atoms with van der Waals surface area (Å²) in [7, 11) is 1.26. The number of carbonyl (C=O) groups excluding carboxylic acids is 2. The Labute approximate surface area is 146 Å². The van der Waals surface area contributed by atoms with Crippen molar-refractivity contribution in [3.63, 3.8) is 0 Å². The van der Waals surface area contributed by atoms with Gasteiger partial charge in [0, 0.05) is 5.22 Å². The maximum Gasteiger partial charge on any atom is 0.328 e. The molecule has 1 aromatic heterocycles. The van der Waals surface area contributed by atoms with Gasteiger partial charge in [-0.2, -0.15) is 0 Å². The number of esters is 1. The van der Waals surface area contributed by atoms with E-state index in [2.05, 4.69) is 4.99 Å². The second-order valence-corrected chi connectivity index (χ2v) is 7.05. The van der Waals surface area contributed by atoms with Crippen LogP contribution in [0.1, 0.15) is 23.4 Å². The van der Waals surface area contributed by atoms with E-state index >= 15 is 0 Å². The monoisotopic (exact) mass is 362 g/mol. The highest BCUT2D eigenvalue weighted by Crippen LogP contribution is 2.35. The molecule has 1 N–H and O–H groups in total. The molecule has 8 heteroatoms. The van der Waals surface area contributed by atoms with Crippen LogP contribution in [-0.4, -0.2) is 28.7 Å². The highest BCUT2D eigenvalue weighted by atomic mass is 32.1. The third-order valence-corrected chi connectivity index (χ3v) is 5.24. The predicted molar refractivity (Wildman–Crippen MR) is 91.0 cm³/mol. The van der Waals surface area contributed by atoms with E-state index in [9.17, 15) is 14.7 Å². The van der Waals surface area contributed by atoms with Gasteiger partial charge in [-0.1, -0.05) is 11.6 Å². The Morgan fingerprint density at radius 3 is 2.83 bits per heavy atom. The van der Waals surface area contributed by atoms with Crippen molar-refractivity contribution in [2.75, 3.05) is 7.11 Å². The van der Waals surface area contributed by atoms with E-state index in [1.807, 2.05) is 19.1 Å². The highest BCUT2D eigenvalue weighted by Gasteiger charge is 2.28. The van der Waals surface area contributed by atoms with Crippen molar-refractivity contribution in [1.82, 2.24) is 4.57 Å². The molecule has 0 saturated carbocycles. The maximum atomic E-state index is 12.3. The van der Waals surface area contributed by atoms with E-state index in [1.54, 1.807) is 13.0 Å². The lowest BCUT2D eigenvalue weighted by Gasteiger charge is -2.12. The summed E-state index contributed by atoms with van der Waals surface area (Å²) in [6, 6.07) is 4.68. The van der Waals surface area contributed by atoms with Crippen LogP contribution in [0.3, 0.4) is 0 Å². The Morgan fingerprint density at radius 2 is 2.17 bits per heavy atom. The molecule has 1 aromatic carbocycles. The molecule has 2 heterocycles. The fraction of sp³-hybridized carbons (Fsp3) is 0.250. The summed E-state index contributed by atoms with van der Waals surface area (Å²) in [5.41, 5.74) is 1.28. The quantitative estimate of drug-likeness (QED) is 0.659. The number of aromatic hydroxyl groups is 1. The van der Waals surface area contributed by atoms with E-state index in [0.29, 0.717) is 21.0 Å². The third kappa shape index (κ3) is 2.47. The van der Waals surface area contributed by atoms with Crippen molar-refractivity contribution in [3.05, 3.63) is 43.2 Å². The number of ether oxygens (including phenoxy) is 1. The SMILES string of the molecule is COC(=O)C(C)n1c(O)c(C2=c3cc(C)ccc3=NC2=O)sc1=S. The van der Waals surface area contributed by atoms with Gasteiger partial charge in [0.1, 0.15) is 10.9 Å². The number of fused-ring (bicyclic) bond motifs is 1. The number of aryl methyl sites for hydroxylation is 1. The van der Waals surface area contributed by atoms with Crippen molar-refractivity contribution in [3.8, 4) is 5.88 Å². The topological polar surface area (TPSA) is 80.9 Å². The van der Waals surface area contributed by atoms with Gasteiger partial charge in [-0.15, -0.1) is 11.3 Å². The van der Waals surface area contributed by atoms with Gasteiger partial charge >= 0.3 is 5.97 Å². The number of methoxy groups -OCH3 is 1. The van der Waals surface area contributed by atoms with Crippen molar-refractivity contribution in [2.45, 2.75) is 19.9 Å². The van der Waals surface area contributed by atoms with Gasteiger partial charge in [0.15, 0.2) is 3.95 Å². The zero-order valence-corrected chi connectivity index (χ0v) is 14.8. The van der Waals surface area contributed by atoms with Crippen LogP contribution in [0.25, 0.3) is 5.57 Å². The Morgan fingerprint density at radius 1 is 1.46 bits per heavy atom. The molecule has 0 spiro atoms. The van der Waals surface area contributed by atoms with E-state index in [-0.39, 0.29) is 9.83 Å². The molecule has 0 bridgehead atoms. The van der Waals surface area contributed by atoms with E-state index in [1.165, 1.54) is 11.7 Å². The van der Waals surface area contributed by atoms with Crippen molar-refractivity contribution >= 4 is 41.0 Å². The molecular formula is C16H14N2O4S2. The number of nitrogens with zero attached hydrogens (tertiary/aromatic N) is 2. The summed E-state index contributed by atoms with van der Waals surface area (Å²) >= 11 is 6.33. The fourth-order valence-corrected chi connectivity index (χ4v) is 4.11. The number of rotatable bonds is 3. The van der Waals surface area contributed by atoms with Crippen molar-refractivity contribution < 1.29 is 19.4 Å². The summed E-state index contributed by atoms with van der Waals surface area (Å²) in [6.45, 7) is 3.48. The summed E-state index contributed by atoms with van der Waals surface area (Å²) in [5.74, 6) is -1.19. The first-order chi connectivity index (χ1) is 11.3. The van der Waals surface area contributed by atoms with Crippen LogP contribution in [0.15, 0.2) is 23.2 Å². The standard InChI is InChI=1S/C16H14N2O4S2/c1-7-4-5-10-9(6-7)11(13(19)17-10)12-14(20)18(16(23)24-12)8(2)15(21)22-3/h4-6,8,20H,1-3H3. The van der Waals surface area contributed by atoms with Gasteiger partial charge in [-0.05, 0) is 38.2 Å². The lowest BCUT2D eigenvalue weighted by Crippen LogP contribution is -2.23. The molecule has 6 nitrogen and oxygen atoms in total. The second-order valence-electron chi connectivity index (χ2n) is 5.40. The Kier molecular flexibility index (Phi) is 4.10. The van der Waals surface area contributed by atoms with Crippen LogP contribution in [0.5, 0.6) is 5.88 Å². The molecule has 1 unspecified atom stereocenters. The van der Waals surface area contributed by atoms with Crippen LogP contribution in [0, 0.1) is 10.9 Å². The normalized spacial score (nSPS) is 14.3. The number of amides is 1. The summed E-state index contributed by atoms with van der Waals surface area (Å²) < 4.78 is 6.27. The highest BCUT2D eigenvalue weighted by molar-refractivity contribution is 7.73. The molecule has 2 aromatic rings. The zero-order valence-electron chi connectivity index (χ0n) is 13.2. The summed E-state index contributed by atoms with van der Waals surface area (Å²) in [6.07, 6.45) is 0. The summed E-state index contributed by atoms with van der Waals surface area (Å²) in [5, 5.41) is 11.8. The molecule has 1 amide bonds. The molecule has 124 valence electrons. The first-order valence-electron chi connectivity index (χ1n) is 7.11. The molecule has 1 aliphatic heterocycles. The Balaban J connectivity index is 2.28. The average molecular weight is 362 g/mol. The average Bonchev–Trinajstić information content (AvgIpc) is 3.01. The Hall–Kier alpha value is -2.32. The molecule has 24 heavy (non-hydrogen) atoms. The first-order valence-corrected chi connectivity index (χ1v) is 8.34. The van der Waals surface area contributed by atoms with Gasteiger partial charge in [0.2, 0.25) is 5.88 Å². The minimum Gasteiger partial charge on any atom is -0.493 e. The van der Waals surface area contributed by atoms with Crippen LogP contribution in [-0.2, 0) is 14.3 Å². The second kappa shape index (κ2) is 5.95. The molecule has 0 saturated heterocycles. The van der Waals surface area contributed by atoms with Gasteiger partial charge in [0.05, 0.1) is 18.0 Å². The molecule has 1 aliphatic rings. The van der Waals surface area contributed by atoms with Gasteiger partial charge < -0.3 is 9.84 Å². The van der Waals surface area contributed by atoms with Crippen molar-refractivity contribution in [2.24, 2.45) is 4.99 Å². The fourth-order valence-electron chi connectivity index (χ4n) is 2.61. The van der Waals surface area contributed by atoms with Gasteiger partial charge in [0.25, 0.3) is 5.91 Å². The maximum absolute atomic E-state index is 12.3. The van der Waals surface area contributed by atoms with Crippen molar-refractivity contribution in [1.29, 1.82) is 0 Å². The third-order valence-electron chi connectivity index (χ3n) is 3.83. The van der Waals surface area contributed by atoms with Crippen LogP contribution < -0.4 is 10.6 Å². The first kappa shape index (κ1) is 16.5. The van der Waals surface area contributed by atoms with Crippen LogP contribution in [0.2, 0.25) is 0 Å². The molecule has 0 radical (unpaired) electrons. The van der Waals surface area contributed by atoms with E-state index < -0.39 is 17.9 Å². The molecule has 0 aliphatic carbocycles. The van der Waals surface area contributed by atoms with Crippen LogP contribution >= 0.6 is 23.6 Å². The van der Waals surface area contributed by atoms with Crippen LogP contribution in [0.4, 0.5) is 0 Å². The number of carbonyl (C=O) groups is 2. The zero-order chi connectivity index (χ0) is 17.6. The van der Waals surface area contributed by atoms with Gasteiger partial charge in [-0.3, -0.25) is 9.36 Å². The minimum absolute atomic E-state index is 0.226. The smallest absolute Gasteiger partial charge is 0.328 e. The number of benzene rings is 1. The lowest BCUT2D eigenvalue weighted by molar-refractivity contribution is -0.144. The molecule has 3 rings (SSSR count).